The van der Waals surface area contributed by atoms with Gasteiger partial charge in [0.1, 0.15) is 5.82 Å². The Hall–Kier alpha value is -1.28. The molecule has 0 fully saturated rings. The molecule has 2 aromatic rings. The maximum atomic E-state index is 6.24. The first-order valence-electron chi connectivity index (χ1n) is 5.45. The minimum atomic E-state index is 0.786. The molecule has 0 saturated heterocycles. The van der Waals surface area contributed by atoms with Gasteiger partial charge in [-0.15, -0.1) is 0 Å². The van der Waals surface area contributed by atoms with Crippen molar-refractivity contribution in [3.8, 4) is 0 Å². The van der Waals surface area contributed by atoms with E-state index >= 15 is 0 Å². The Balaban J connectivity index is 2.25. The summed E-state index contributed by atoms with van der Waals surface area (Å²) in [4.78, 5) is 4.20. The lowest BCUT2D eigenvalue weighted by Crippen LogP contribution is -2.01. The maximum absolute atomic E-state index is 6.24. The van der Waals surface area contributed by atoms with Crippen LogP contribution in [0.4, 0.5) is 0 Å². The molecule has 1 aromatic heterocycles. The van der Waals surface area contributed by atoms with Crippen LogP contribution in [0.2, 0.25) is 5.02 Å². The van der Waals surface area contributed by atoms with Crippen molar-refractivity contribution >= 4 is 11.6 Å². The molecule has 0 spiro atoms. The first-order chi connectivity index (χ1) is 7.70. The number of nitrogens with zero attached hydrogens (tertiary/aromatic N) is 2. The number of imidazole rings is 1. The topological polar surface area (TPSA) is 17.8 Å². The van der Waals surface area contributed by atoms with Crippen LogP contribution in [0.25, 0.3) is 0 Å². The van der Waals surface area contributed by atoms with E-state index in [9.17, 15) is 0 Å². The fraction of sp³-hybridized carbons (Fsp3) is 0.308. The van der Waals surface area contributed by atoms with Gasteiger partial charge in [0.15, 0.2) is 0 Å². The van der Waals surface area contributed by atoms with Crippen molar-refractivity contribution in [1.82, 2.24) is 9.55 Å². The predicted octanol–water partition coefficient (Wildman–Crippen LogP) is 3.46. The molecular weight excluding hydrogens is 220 g/mol. The van der Waals surface area contributed by atoms with Crippen molar-refractivity contribution in [3.05, 3.63) is 52.6 Å². The van der Waals surface area contributed by atoms with E-state index in [1.165, 1.54) is 5.56 Å². The van der Waals surface area contributed by atoms with Crippen LogP contribution < -0.4 is 0 Å². The zero-order valence-electron chi connectivity index (χ0n) is 9.57. The average Bonchev–Trinajstić information content (AvgIpc) is 2.67. The second-order valence-electron chi connectivity index (χ2n) is 3.88. The summed E-state index contributed by atoms with van der Waals surface area (Å²) in [7, 11) is 0. The molecule has 0 bridgehead atoms. The normalized spacial score (nSPS) is 10.7. The van der Waals surface area contributed by atoms with Crippen LogP contribution in [0, 0.1) is 6.92 Å². The summed E-state index contributed by atoms with van der Waals surface area (Å²) in [5.41, 5.74) is 2.41. The lowest BCUT2D eigenvalue weighted by Gasteiger charge is -2.08. The summed E-state index contributed by atoms with van der Waals surface area (Å²) in [6, 6.07) is 6.28. The van der Waals surface area contributed by atoms with E-state index in [1.54, 1.807) is 0 Å². The summed E-state index contributed by atoms with van der Waals surface area (Å²) in [6.07, 6.45) is 4.80. The number of hydrogen-bond donors (Lipinski definition) is 0. The quantitative estimate of drug-likeness (QED) is 0.796. The molecular formula is C13H15ClN2. The Bertz CT molecular complexity index is 488. The van der Waals surface area contributed by atoms with Gasteiger partial charge in [0.2, 0.25) is 0 Å². The summed E-state index contributed by atoms with van der Waals surface area (Å²) >= 11 is 6.24. The van der Waals surface area contributed by atoms with Crippen molar-refractivity contribution in [2.75, 3.05) is 0 Å². The molecule has 16 heavy (non-hydrogen) atoms. The number of rotatable bonds is 3. The minimum absolute atomic E-state index is 0.786. The van der Waals surface area contributed by atoms with Gasteiger partial charge in [0, 0.05) is 17.4 Å². The third-order valence-corrected chi connectivity index (χ3v) is 3.14. The Morgan fingerprint density at radius 2 is 2.19 bits per heavy atom. The lowest BCUT2D eigenvalue weighted by atomic mass is 10.1. The van der Waals surface area contributed by atoms with E-state index in [4.69, 9.17) is 11.6 Å². The molecule has 1 aromatic carbocycles. The molecule has 0 aliphatic carbocycles. The van der Waals surface area contributed by atoms with Gasteiger partial charge in [-0.2, -0.15) is 0 Å². The van der Waals surface area contributed by atoms with Gasteiger partial charge in [0.05, 0.1) is 6.54 Å². The largest absolute Gasteiger partial charge is 0.331 e. The van der Waals surface area contributed by atoms with Crippen LogP contribution >= 0.6 is 11.6 Å². The van der Waals surface area contributed by atoms with E-state index < -0.39 is 0 Å². The molecule has 84 valence electrons. The Labute approximate surface area is 101 Å². The SMILES string of the molecule is CCc1ccc(Cn2ccnc2C)c(Cl)c1. The van der Waals surface area contributed by atoms with E-state index in [2.05, 4.69) is 28.6 Å². The second-order valence-corrected chi connectivity index (χ2v) is 4.29. The number of halogens is 1. The highest BCUT2D eigenvalue weighted by Crippen LogP contribution is 2.19. The fourth-order valence-corrected chi connectivity index (χ4v) is 1.96. The number of hydrogen-bond acceptors (Lipinski definition) is 1. The summed E-state index contributed by atoms with van der Waals surface area (Å²) < 4.78 is 2.09. The molecule has 0 radical (unpaired) electrons. The van der Waals surface area contributed by atoms with Crippen molar-refractivity contribution in [2.45, 2.75) is 26.8 Å². The second kappa shape index (κ2) is 4.71. The van der Waals surface area contributed by atoms with Gasteiger partial charge in [-0.1, -0.05) is 30.7 Å². The molecule has 0 saturated carbocycles. The van der Waals surface area contributed by atoms with Gasteiger partial charge in [-0.25, -0.2) is 4.98 Å². The van der Waals surface area contributed by atoms with E-state index in [0.29, 0.717) is 0 Å². The van der Waals surface area contributed by atoms with Crippen LogP contribution in [0.5, 0.6) is 0 Å². The summed E-state index contributed by atoms with van der Waals surface area (Å²) in [5.74, 6) is 1.01. The van der Waals surface area contributed by atoms with Gasteiger partial charge >= 0.3 is 0 Å². The lowest BCUT2D eigenvalue weighted by molar-refractivity contribution is 0.761. The van der Waals surface area contributed by atoms with Gasteiger partial charge in [-0.05, 0) is 30.5 Å². The van der Waals surface area contributed by atoms with Crippen molar-refractivity contribution in [3.63, 3.8) is 0 Å². The van der Waals surface area contributed by atoms with Crippen LogP contribution in [0.3, 0.4) is 0 Å². The van der Waals surface area contributed by atoms with E-state index in [-0.39, 0.29) is 0 Å². The summed E-state index contributed by atoms with van der Waals surface area (Å²) in [6.45, 7) is 4.91. The molecule has 1 heterocycles. The standard InChI is InChI=1S/C13H15ClN2/c1-3-11-4-5-12(13(14)8-11)9-16-7-6-15-10(16)2/h4-8H,3,9H2,1-2H3. The Morgan fingerprint density at radius 1 is 1.38 bits per heavy atom. The number of aromatic nitrogens is 2. The molecule has 0 aliphatic rings. The maximum Gasteiger partial charge on any atom is 0.105 e. The minimum Gasteiger partial charge on any atom is -0.331 e. The molecule has 2 nitrogen and oxygen atoms in total. The summed E-state index contributed by atoms with van der Waals surface area (Å²) in [5, 5.41) is 0.840. The van der Waals surface area contributed by atoms with Crippen molar-refractivity contribution in [1.29, 1.82) is 0 Å². The zero-order valence-corrected chi connectivity index (χ0v) is 10.3. The molecule has 0 atom stereocenters. The van der Waals surface area contributed by atoms with Gasteiger partial charge in [-0.3, -0.25) is 0 Å². The first kappa shape index (κ1) is 11.2. The van der Waals surface area contributed by atoms with Crippen LogP contribution in [0.1, 0.15) is 23.9 Å². The van der Waals surface area contributed by atoms with Crippen LogP contribution in [0.15, 0.2) is 30.6 Å². The fourth-order valence-electron chi connectivity index (χ4n) is 1.69. The molecule has 0 unspecified atom stereocenters. The third kappa shape index (κ3) is 2.27. The van der Waals surface area contributed by atoms with Crippen LogP contribution in [-0.4, -0.2) is 9.55 Å². The van der Waals surface area contributed by atoms with E-state index in [0.717, 1.165) is 29.4 Å². The van der Waals surface area contributed by atoms with E-state index in [1.807, 2.05) is 25.4 Å². The molecule has 0 amide bonds. The monoisotopic (exact) mass is 234 g/mol. The smallest absolute Gasteiger partial charge is 0.105 e. The van der Waals surface area contributed by atoms with Crippen LogP contribution in [-0.2, 0) is 13.0 Å². The Kier molecular flexibility index (Phi) is 3.30. The zero-order chi connectivity index (χ0) is 11.5. The molecule has 0 aliphatic heterocycles. The third-order valence-electron chi connectivity index (χ3n) is 2.79. The molecule has 3 heteroatoms. The Morgan fingerprint density at radius 3 is 2.75 bits per heavy atom. The van der Waals surface area contributed by atoms with Gasteiger partial charge in [0.25, 0.3) is 0 Å². The number of aryl methyl sites for hydroxylation is 2. The van der Waals surface area contributed by atoms with Crippen molar-refractivity contribution in [2.24, 2.45) is 0 Å². The highest BCUT2D eigenvalue weighted by molar-refractivity contribution is 6.31. The van der Waals surface area contributed by atoms with Crippen molar-refractivity contribution < 1.29 is 0 Å². The molecule has 2 rings (SSSR count). The van der Waals surface area contributed by atoms with Gasteiger partial charge < -0.3 is 4.57 Å². The highest BCUT2D eigenvalue weighted by atomic mass is 35.5. The number of benzene rings is 1. The first-order valence-corrected chi connectivity index (χ1v) is 5.83. The predicted molar refractivity (Wildman–Crippen MR) is 66.9 cm³/mol. The molecule has 0 N–H and O–H groups in total. The highest BCUT2D eigenvalue weighted by Gasteiger charge is 2.03. The average molecular weight is 235 g/mol.